The maximum Gasteiger partial charge on any atom is 0.231 e. The smallest absolute Gasteiger partial charge is 0.231 e. The van der Waals surface area contributed by atoms with Crippen LogP contribution in [0, 0.1) is 0 Å². The van der Waals surface area contributed by atoms with Crippen LogP contribution in [0.2, 0.25) is 4.34 Å². The number of thiophene rings is 1. The number of hydrogen-bond donors (Lipinski definition) is 1. The van der Waals surface area contributed by atoms with Gasteiger partial charge in [0.2, 0.25) is 5.91 Å². The zero-order valence-corrected chi connectivity index (χ0v) is 14.6. The molecule has 0 atom stereocenters. The minimum Gasteiger partial charge on any atom is -0.497 e. The predicted molar refractivity (Wildman–Crippen MR) is 95.8 cm³/mol. The van der Waals surface area contributed by atoms with Gasteiger partial charge in [-0.2, -0.15) is 0 Å². The monoisotopic (exact) mass is 364 g/mol. The summed E-state index contributed by atoms with van der Waals surface area (Å²) in [4.78, 5) is 17.4. The number of nitrogens with one attached hydrogen (secondary N) is 1. The zero-order valence-electron chi connectivity index (χ0n) is 12.2. The summed E-state index contributed by atoms with van der Waals surface area (Å²) in [7, 11) is 1.63. The molecule has 0 aliphatic heterocycles. The van der Waals surface area contributed by atoms with E-state index in [2.05, 4.69) is 10.3 Å². The summed E-state index contributed by atoms with van der Waals surface area (Å²) in [6.45, 7) is 0. The van der Waals surface area contributed by atoms with Crippen molar-refractivity contribution in [1.29, 1.82) is 0 Å². The highest BCUT2D eigenvalue weighted by Gasteiger charge is 2.10. The first kappa shape index (κ1) is 16.0. The molecule has 0 aliphatic carbocycles. The number of benzene rings is 1. The largest absolute Gasteiger partial charge is 0.497 e. The first-order chi connectivity index (χ1) is 11.1. The third-order valence-electron chi connectivity index (χ3n) is 3.10. The Kier molecular flexibility index (Phi) is 4.95. The fourth-order valence-electron chi connectivity index (χ4n) is 1.99. The first-order valence-electron chi connectivity index (χ1n) is 6.78. The predicted octanol–water partition coefficient (Wildman–Crippen LogP) is 4.71. The Morgan fingerprint density at radius 3 is 2.70 bits per heavy atom. The summed E-state index contributed by atoms with van der Waals surface area (Å²) >= 11 is 8.67. The van der Waals surface area contributed by atoms with E-state index in [1.54, 1.807) is 13.2 Å². The highest BCUT2D eigenvalue weighted by Crippen LogP contribution is 2.27. The molecule has 0 saturated heterocycles. The molecule has 3 aromatic rings. The van der Waals surface area contributed by atoms with Gasteiger partial charge in [-0.05, 0) is 36.4 Å². The van der Waals surface area contributed by atoms with E-state index in [9.17, 15) is 4.79 Å². The summed E-state index contributed by atoms with van der Waals surface area (Å²) in [5.41, 5.74) is 1.81. The van der Waals surface area contributed by atoms with Crippen LogP contribution < -0.4 is 10.1 Å². The number of halogens is 1. The minimum atomic E-state index is -0.0980. The van der Waals surface area contributed by atoms with Gasteiger partial charge in [0.15, 0.2) is 5.13 Å². The summed E-state index contributed by atoms with van der Waals surface area (Å²) in [5.74, 6) is 0.700. The van der Waals surface area contributed by atoms with Crippen LogP contribution in [0.4, 0.5) is 5.13 Å². The van der Waals surface area contributed by atoms with Gasteiger partial charge in [-0.3, -0.25) is 4.79 Å². The van der Waals surface area contributed by atoms with Crippen molar-refractivity contribution < 1.29 is 9.53 Å². The SMILES string of the molecule is COc1ccc(-c2csc(NC(=O)Cc3ccc(Cl)s3)n2)cc1. The van der Waals surface area contributed by atoms with Gasteiger partial charge in [0.25, 0.3) is 0 Å². The maximum atomic E-state index is 12.0. The van der Waals surface area contributed by atoms with Gasteiger partial charge in [-0.1, -0.05) is 11.6 Å². The fraction of sp³-hybridized carbons (Fsp3) is 0.125. The Hall–Kier alpha value is -1.89. The Labute approximate surface area is 146 Å². The first-order valence-corrected chi connectivity index (χ1v) is 8.85. The van der Waals surface area contributed by atoms with E-state index in [1.807, 2.05) is 35.7 Å². The highest BCUT2D eigenvalue weighted by molar-refractivity contribution is 7.16. The van der Waals surface area contributed by atoms with E-state index in [1.165, 1.54) is 22.7 Å². The van der Waals surface area contributed by atoms with Crippen molar-refractivity contribution in [1.82, 2.24) is 4.98 Å². The Bertz CT molecular complexity index is 812. The molecule has 0 aliphatic rings. The molecule has 0 bridgehead atoms. The lowest BCUT2D eigenvalue weighted by Gasteiger charge is -2.01. The molecule has 2 aromatic heterocycles. The second-order valence-electron chi connectivity index (χ2n) is 4.70. The van der Waals surface area contributed by atoms with Crippen LogP contribution in [0.15, 0.2) is 41.8 Å². The number of methoxy groups -OCH3 is 1. The van der Waals surface area contributed by atoms with E-state index in [4.69, 9.17) is 16.3 Å². The topological polar surface area (TPSA) is 51.2 Å². The number of nitrogens with zero attached hydrogens (tertiary/aromatic N) is 1. The van der Waals surface area contributed by atoms with Crippen LogP contribution >= 0.6 is 34.3 Å². The van der Waals surface area contributed by atoms with Crippen LogP contribution in [-0.4, -0.2) is 18.0 Å². The molecule has 7 heteroatoms. The maximum absolute atomic E-state index is 12.0. The number of amides is 1. The van der Waals surface area contributed by atoms with E-state index < -0.39 is 0 Å². The number of carbonyl (C=O) groups is 1. The highest BCUT2D eigenvalue weighted by atomic mass is 35.5. The van der Waals surface area contributed by atoms with Gasteiger partial charge in [0.1, 0.15) is 5.75 Å². The molecule has 0 radical (unpaired) electrons. The van der Waals surface area contributed by atoms with Gasteiger partial charge in [0, 0.05) is 15.8 Å². The van der Waals surface area contributed by atoms with Crippen LogP contribution in [0.25, 0.3) is 11.3 Å². The lowest BCUT2D eigenvalue weighted by atomic mass is 10.2. The normalized spacial score (nSPS) is 10.5. The van der Waals surface area contributed by atoms with E-state index in [-0.39, 0.29) is 5.91 Å². The Balaban J connectivity index is 1.65. The number of rotatable bonds is 5. The van der Waals surface area contributed by atoms with Crippen LogP contribution in [0.1, 0.15) is 4.88 Å². The molecule has 0 fully saturated rings. The lowest BCUT2D eigenvalue weighted by Crippen LogP contribution is -2.13. The second kappa shape index (κ2) is 7.12. The van der Waals surface area contributed by atoms with Crippen molar-refractivity contribution >= 4 is 45.3 Å². The molecular weight excluding hydrogens is 352 g/mol. The van der Waals surface area contributed by atoms with Crippen molar-refractivity contribution in [3.8, 4) is 17.0 Å². The van der Waals surface area contributed by atoms with Crippen molar-refractivity contribution in [3.05, 3.63) is 51.0 Å². The molecule has 0 saturated carbocycles. The molecule has 1 aromatic carbocycles. The van der Waals surface area contributed by atoms with Gasteiger partial charge in [-0.25, -0.2) is 4.98 Å². The van der Waals surface area contributed by atoms with Crippen molar-refractivity contribution in [2.75, 3.05) is 12.4 Å². The van der Waals surface area contributed by atoms with E-state index in [0.29, 0.717) is 15.9 Å². The van der Waals surface area contributed by atoms with Gasteiger partial charge in [0.05, 0.1) is 23.6 Å². The fourth-order valence-corrected chi connectivity index (χ4v) is 3.82. The van der Waals surface area contributed by atoms with E-state index >= 15 is 0 Å². The third-order valence-corrected chi connectivity index (χ3v) is 5.09. The summed E-state index contributed by atoms with van der Waals surface area (Å²) < 4.78 is 5.82. The van der Waals surface area contributed by atoms with Gasteiger partial charge in [-0.15, -0.1) is 22.7 Å². The van der Waals surface area contributed by atoms with E-state index in [0.717, 1.165) is 21.9 Å². The number of hydrogen-bond acceptors (Lipinski definition) is 5. The molecule has 1 N–H and O–H groups in total. The van der Waals surface area contributed by atoms with Gasteiger partial charge < -0.3 is 10.1 Å². The molecule has 2 heterocycles. The number of carbonyl (C=O) groups excluding carboxylic acids is 1. The summed E-state index contributed by atoms with van der Waals surface area (Å²) in [5, 5.41) is 5.32. The molecular formula is C16H13ClN2O2S2. The van der Waals surface area contributed by atoms with Crippen LogP contribution in [0.3, 0.4) is 0 Å². The second-order valence-corrected chi connectivity index (χ2v) is 7.35. The minimum absolute atomic E-state index is 0.0980. The number of anilines is 1. The molecule has 1 amide bonds. The Morgan fingerprint density at radius 1 is 1.26 bits per heavy atom. The number of aromatic nitrogens is 1. The zero-order chi connectivity index (χ0) is 16.2. The quantitative estimate of drug-likeness (QED) is 0.713. The van der Waals surface area contributed by atoms with Crippen LogP contribution in [-0.2, 0) is 11.2 Å². The number of thiazole rings is 1. The molecule has 118 valence electrons. The van der Waals surface area contributed by atoms with Gasteiger partial charge >= 0.3 is 0 Å². The lowest BCUT2D eigenvalue weighted by molar-refractivity contribution is -0.115. The number of ether oxygens (including phenoxy) is 1. The average Bonchev–Trinajstić information content (AvgIpc) is 3.16. The molecule has 4 nitrogen and oxygen atoms in total. The Morgan fingerprint density at radius 2 is 2.04 bits per heavy atom. The standard InChI is InChI=1S/C16H13ClN2O2S2/c1-21-11-4-2-10(3-5-11)13-9-22-16(18-13)19-15(20)8-12-6-7-14(17)23-12/h2-7,9H,8H2,1H3,(H,18,19,20). The molecule has 23 heavy (non-hydrogen) atoms. The van der Waals surface area contributed by atoms with Crippen molar-refractivity contribution in [2.45, 2.75) is 6.42 Å². The summed E-state index contributed by atoms with van der Waals surface area (Å²) in [6.07, 6.45) is 0.300. The van der Waals surface area contributed by atoms with Crippen molar-refractivity contribution in [3.63, 3.8) is 0 Å². The van der Waals surface area contributed by atoms with Crippen molar-refractivity contribution in [2.24, 2.45) is 0 Å². The molecule has 3 rings (SSSR count). The average molecular weight is 365 g/mol. The van der Waals surface area contributed by atoms with Crippen LogP contribution in [0.5, 0.6) is 5.75 Å². The molecule has 0 spiro atoms. The summed E-state index contributed by atoms with van der Waals surface area (Å²) in [6, 6.07) is 11.3. The molecule has 0 unspecified atom stereocenters. The third kappa shape index (κ3) is 4.10.